The highest BCUT2D eigenvalue weighted by Gasteiger charge is 2.27. The van der Waals surface area contributed by atoms with Gasteiger partial charge in [-0.2, -0.15) is 4.98 Å². The highest BCUT2D eigenvalue weighted by Crippen LogP contribution is 2.45. The molecule has 1 saturated carbocycles. The van der Waals surface area contributed by atoms with Gasteiger partial charge in [-0.05, 0) is 67.2 Å². The normalized spacial score (nSPS) is 15.3. The summed E-state index contributed by atoms with van der Waals surface area (Å²) in [6.07, 6.45) is 10.00. The van der Waals surface area contributed by atoms with E-state index in [0.717, 1.165) is 54.3 Å². The summed E-state index contributed by atoms with van der Waals surface area (Å²) in [4.78, 5) is 31.5. The van der Waals surface area contributed by atoms with E-state index < -0.39 is 0 Å². The number of carbonyl (C=O) groups is 1. The minimum atomic E-state index is -0.298. The van der Waals surface area contributed by atoms with Gasteiger partial charge in [0.05, 0.1) is 28.5 Å². The number of piperazine rings is 1. The number of benzene rings is 2. The number of carbonyl (C=O) groups excluding carboxylic acids is 1. The van der Waals surface area contributed by atoms with E-state index in [0.29, 0.717) is 56.4 Å². The van der Waals surface area contributed by atoms with Gasteiger partial charge in [-0.25, -0.2) is 9.97 Å². The van der Waals surface area contributed by atoms with E-state index in [9.17, 15) is 4.79 Å². The predicted molar refractivity (Wildman–Crippen MR) is 190 cm³/mol. The molecule has 10 nitrogen and oxygen atoms in total. The number of imidazole rings is 1. The number of rotatable bonds is 10. The third-order valence-electron chi connectivity index (χ3n) is 8.96. The maximum atomic E-state index is 12.4. The van der Waals surface area contributed by atoms with Gasteiger partial charge in [0.2, 0.25) is 11.9 Å². The number of fused-ring (bicyclic) bond motifs is 3. The standard InChI is InChI=1S/C35H36Cl2N8O2/c1-4-22-17-28(47-3)32(37)30(31(22)36)25-16-23-19-39-35(42-33(23)45-11-10-38-34(25)45)41-26-9-8-24(18-27(26)40-29(46)5-2)44-14-12-43(13-15-44)20-21-6-7-21/h5,8-11,16-19,21H,2,4,6-7,12-15,20H2,1,3H3,(H,40,46)(H,39,41,42). The van der Waals surface area contributed by atoms with Gasteiger partial charge in [0.1, 0.15) is 11.4 Å². The van der Waals surface area contributed by atoms with Crippen LogP contribution in [0.1, 0.15) is 25.3 Å². The van der Waals surface area contributed by atoms with Crippen LogP contribution in [-0.2, 0) is 11.2 Å². The van der Waals surface area contributed by atoms with Crippen molar-refractivity contribution in [2.45, 2.75) is 26.2 Å². The summed E-state index contributed by atoms with van der Waals surface area (Å²) >= 11 is 13.7. The molecule has 1 saturated heterocycles. The van der Waals surface area contributed by atoms with Crippen molar-refractivity contribution in [2.75, 3.05) is 55.4 Å². The van der Waals surface area contributed by atoms with E-state index in [2.05, 4.69) is 43.0 Å². The molecule has 12 heteroatoms. The van der Waals surface area contributed by atoms with Crippen LogP contribution in [0.3, 0.4) is 0 Å². The minimum absolute atomic E-state index is 0.298. The lowest BCUT2D eigenvalue weighted by molar-refractivity contribution is -0.111. The Morgan fingerprint density at radius 3 is 2.60 bits per heavy atom. The highest BCUT2D eigenvalue weighted by atomic mass is 35.5. The molecule has 2 aliphatic rings. The van der Waals surface area contributed by atoms with Crippen molar-refractivity contribution in [2.24, 2.45) is 5.92 Å². The second kappa shape index (κ2) is 13.0. The largest absolute Gasteiger partial charge is 0.495 e. The molecule has 0 atom stereocenters. The van der Waals surface area contributed by atoms with E-state index in [1.807, 2.05) is 41.8 Å². The summed E-state index contributed by atoms with van der Waals surface area (Å²) in [7, 11) is 1.59. The van der Waals surface area contributed by atoms with Crippen molar-refractivity contribution in [3.63, 3.8) is 0 Å². The number of anilines is 4. The number of aryl methyl sites for hydroxylation is 1. The average Bonchev–Trinajstić information content (AvgIpc) is 3.76. The molecule has 1 aliphatic heterocycles. The van der Waals surface area contributed by atoms with Crippen LogP contribution in [0.5, 0.6) is 5.75 Å². The smallest absolute Gasteiger partial charge is 0.247 e. The fourth-order valence-electron chi connectivity index (χ4n) is 6.22. The third-order valence-corrected chi connectivity index (χ3v) is 9.77. The first-order valence-corrected chi connectivity index (χ1v) is 16.6. The van der Waals surface area contributed by atoms with Crippen molar-refractivity contribution in [1.82, 2.24) is 24.3 Å². The molecule has 1 aliphatic carbocycles. The van der Waals surface area contributed by atoms with Crippen LogP contribution in [0.15, 0.2) is 61.6 Å². The van der Waals surface area contributed by atoms with Gasteiger partial charge in [0, 0.05) is 73.5 Å². The van der Waals surface area contributed by atoms with Gasteiger partial charge in [-0.3, -0.25) is 14.1 Å². The lowest BCUT2D eigenvalue weighted by atomic mass is 10.0. The number of pyridine rings is 1. The molecule has 2 aromatic carbocycles. The van der Waals surface area contributed by atoms with E-state index in [4.69, 9.17) is 32.9 Å². The number of nitrogens with zero attached hydrogens (tertiary/aromatic N) is 6. The summed E-state index contributed by atoms with van der Waals surface area (Å²) in [6, 6.07) is 9.83. The van der Waals surface area contributed by atoms with Crippen LogP contribution in [0.4, 0.5) is 23.0 Å². The predicted octanol–water partition coefficient (Wildman–Crippen LogP) is 7.22. The monoisotopic (exact) mass is 670 g/mol. The molecule has 242 valence electrons. The quantitative estimate of drug-likeness (QED) is 0.150. The number of hydrogen-bond acceptors (Lipinski definition) is 8. The maximum Gasteiger partial charge on any atom is 0.247 e. The Balaban J connectivity index is 1.22. The van der Waals surface area contributed by atoms with Gasteiger partial charge >= 0.3 is 0 Å². The van der Waals surface area contributed by atoms with Gasteiger partial charge in [-0.15, -0.1) is 0 Å². The average molecular weight is 672 g/mol. The lowest BCUT2D eigenvalue weighted by Crippen LogP contribution is -2.47. The molecular formula is C35H36Cl2N8O2. The van der Waals surface area contributed by atoms with Crippen LogP contribution >= 0.6 is 23.2 Å². The fourth-order valence-corrected chi connectivity index (χ4v) is 6.98. The van der Waals surface area contributed by atoms with Crippen molar-refractivity contribution >= 4 is 68.8 Å². The van der Waals surface area contributed by atoms with Gasteiger partial charge < -0.3 is 20.3 Å². The molecule has 4 heterocycles. The topological polar surface area (TPSA) is 99.9 Å². The molecule has 1 amide bonds. The van der Waals surface area contributed by atoms with Gasteiger partial charge in [-0.1, -0.05) is 36.7 Å². The summed E-state index contributed by atoms with van der Waals surface area (Å²) in [5, 5.41) is 8.01. The van der Waals surface area contributed by atoms with Crippen LogP contribution in [0.25, 0.3) is 27.8 Å². The molecule has 3 aromatic heterocycles. The van der Waals surface area contributed by atoms with E-state index in [1.54, 1.807) is 19.5 Å². The zero-order chi connectivity index (χ0) is 32.7. The molecular weight excluding hydrogens is 635 g/mol. The third kappa shape index (κ3) is 6.20. The molecule has 47 heavy (non-hydrogen) atoms. The van der Waals surface area contributed by atoms with Crippen LogP contribution in [0, 0.1) is 5.92 Å². The molecule has 2 fully saturated rings. The molecule has 5 aromatic rings. The number of aromatic nitrogens is 4. The molecule has 0 unspecified atom stereocenters. The first-order chi connectivity index (χ1) is 22.9. The first-order valence-electron chi connectivity index (χ1n) is 15.9. The fraction of sp³-hybridized carbons (Fsp3) is 0.314. The Labute approximate surface area is 283 Å². The summed E-state index contributed by atoms with van der Waals surface area (Å²) in [6.45, 7) is 10.8. The van der Waals surface area contributed by atoms with Crippen LogP contribution in [-0.4, -0.2) is 70.0 Å². The zero-order valence-corrected chi connectivity index (χ0v) is 27.9. The first kappa shape index (κ1) is 31.2. The number of methoxy groups -OCH3 is 1. The summed E-state index contributed by atoms with van der Waals surface area (Å²) in [5.41, 5.74) is 5.93. The lowest BCUT2D eigenvalue weighted by Gasteiger charge is -2.36. The molecule has 7 rings (SSSR count). The molecule has 2 N–H and O–H groups in total. The number of amides is 1. The van der Waals surface area contributed by atoms with E-state index >= 15 is 0 Å². The number of ether oxygens (including phenoxy) is 1. The van der Waals surface area contributed by atoms with E-state index in [1.165, 1.54) is 25.5 Å². The molecule has 0 spiro atoms. The minimum Gasteiger partial charge on any atom is -0.495 e. The van der Waals surface area contributed by atoms with Crippen molar-refractivity contribution in [3.8, 4) is 16.9 Å². The van der Waals surface area contributed by atoms with Crippen LogP contribution < -0.4 is 20.3 Å². The number of hydrogen-bond donors (Lipinski definition) is 2. The Bertz CT molecular complexity index is 1970. The van der Waals surface area contributed by atoms with Crippen molar-refractivity contribution in [3.05, 3.63) is 77.2 Å². The van der Waals surface area contributed by atoms with Crippen molar-refractivity contribution in [1.29, 1.82) is 0 Å². The second-order valence-corrected chi connectivity index (χ2v) is 12.8. The Hall–Kier alpha value is -4.38. The maximum absolute atomic E-state index is 12.4. The van der Waals surface area contributed by atoms with Crippen LogP contribution in [0.2, 0.25) is 10.0 Å². The second-order valence-electron chi connectivity index (χ2n) is 12.0. The van der Waals surface area contributed by atoms with Gasteiger partial charge in [0.25, 0.3) is 0 Å². The molecule has 0 bridgehead atoms. The highest BCUT2D eigenvalue weighted by molar-refractivity contribution is 6.41. The van der Waals surface area contributed by atoms with E-state index in [-0.39, 0.29) is 5.91 Å². The Morgan fingerprint density at radius 1 is 1.06 bits per heavy atom. The molecule has 0 radical (unpaired) electrons. The summed E-state index contributed by atoms with van der Waals surface area (Å²) < 4.78 is 7.46. The Kier molecular flexibility index (Phi) is 8.65. The number of nitrogens with one attached hydrogen (secondary N) is 2. The van der Waals surface area contributed by atoms with Crippen molar-refractivity contribution < 1.29 is 9.53 Å². The Morgan fingerprint density at radius 2 is 1.87 bits per heavy atom. The summed E-state index contributed by atoms with van der Waals surface area (Å²) in [5.74, 6) is 1.50. The van der Waals surface area contributed by atoms with Gasteiger partial charge in [0.15, 0.2) is 5.65 Å². The number of halogens is 2. The SMILES string of the molecule is C=CC(=O)Nc1cc(N2CCN(CC3CC3)CC2)ccc1Nc1ncc2cc(-c3c(Cl)c(CC)cc(OC)c3Cl)c3nccn3c2n1. The zero-order valence-electron chi connectivity index (χ0n) is 26.4.